The van der Waals surface area contributed by atoms with Crippen LogP contribution in [0.15, 0.2) is 18.2 Å². The SMILES string of the molecule is Clc1ccc(Cl)c(C[C@H]2CNCCN2)c1. The summed E-state index contributed by atoms with van der Waals surface area (Å²) >= 11 is 12.0. The number of piperazine rings is 1. The van der Waals surface area contributed by atoms with E-state index in [2.05, 4.69) is 10.6 Å². The highest BCUT2D eigenvalue weighted by molar-refractivity contribution is 6.33. The molecule has 0 radical (unpaired) electrons. The predicted octanol–water partition coefficient (Wildman–Crippen LogP) is 2.10. The molecule has 1 heterocycles. The number of nitrogens with one attached hydrogen (secondary N) is 2. The van der Waals surface area contributed by atoms with E-state index >= 15 is 0 Å². The van der Waals surface area contributed by atoms with Gasteiger partial charge in [0.2, 0.25) is 0 Å². The zero-order valence-electron chi connectivity index (χ0n) is 8.39. The minimum atomic E-state index is 0.453. The molecule has 0 amide bonds. The normalized spacial score (nSPS) is 21.6. The lowest BCUT2D eigenvalue weighted by atomic mass is 10.0. The predicted molar refractivity (Wildman–Crippen MR) is 64.8 cm³/mol. The number of rotatable bonds is 2. The Hall–Kier alpha value is -0.280. The third kappa shape index (κ3) is 3.08. The highest BCUT2D eigenvalue weighted by Gasteiger charge is 2.14. The fraction of sp³-hybridized carbons (Fsp3) is 0.455. The van der Waals surface area contributed by atoms with Crippen molar-refractivity contribution >= 4 is 23.2 Å². The molecule has 82 valence electrons. The van der Waals surface area contributed by atoms with Crippen molar-refractivity contribution in [2.45, 2.75) is 12.5 Å². The third-order valence-electron chi connectivity index (χ3n) is 2.60. The van der Waals surface area contributed by atoms with E-state index in [4.69, 9.17) is 23.2 Å². The molecule has 1 aliphatic rings. The molecule has 0 aliphatic carbocycles. The number of benzene rings is 1. The van der Waals surface area contributed by atoms with Gasteiger partial charge in [0.1, 0.15) is 0 Å². The second kappa shape index (κ2) is 5.17. The van der Waals surface area contributed by atoms with Crippen molar-refractivity contribution in [3.05, 3.63) is 33.8 Å². The fourth-order valence-corrected chi connectivity index (χ4v) is 2.21. The van der Waals surface area contributed by atoms with E-state index in [0.717, 1.165) is 41.7 Å². The van der Waals surface area contributed by atoms with Crippen LogP contribution in [0.25, 0.3) is 0 Å². The molecule has 1 aromatic carbocycles. The van der Waals surface area contributed by atoms with Gasteiger partial charge in [0.25, 0.3) is 0 Å². The third-order valence-corrected chi connectivity index (χ3v) is 3.20. The zero-order valence-corrected chi connectivity index (χ0v) is 9.91. The molecule has 0 aromatic heterocycles. The molecule has 2 N–H and O–H groups in total. The highest BCUT2D eigenvalue weighted by Crippen LogP contribution is 2.21. The van der Waals surface area contributed by atoms with Gasteiger partial charge in [-0.3, -0.25) is 0 Å². The maximum absolute atomic E-state index is 6.11. The summed E-state index contributed by atoms with van der Waals surface area (Å²) in [5.41, 5.74) is 1.12. The van der Waals surface area contributed by atoms with E-state index in [-0.39, 0.29) is 0 Å². The minimum absolute atomic E-state index is 0.453. The molecular weight excluding hydrogens is 231 g/mol. The van der Waals surface area contributed by atoms with Crippen LogP contribution in [0.5, 0.6) is 0 Å². The second-order valence-corrected chi connectivity index (χ2v) is 4.64. The summed E-state index contributed by atoms with van der Waals surface area (Å²) < 4.78 is 0. The Morgan fingerprint density at radius 2 is 2.13 bits per heavy atom. The molecule has 2 rings (SSSR count). The van der Waals surface area contributed by atoms with Crippen LogP contribution in [-0.4, -0.2) is 25.7 Å². The van der Waals surface area contributed by atoms with Crippen LogP contribution in [0, 0.1) is 0 Å². The average Bonchev–Trinajstić information content (AvgIpc) is 2.25. The largest absolute Gasteiger partial charge is 0.314 e. The van der Waals surface area contributed by atoms with E-state index in [1.807, 2.05) is 18.2 Å². The van der Waals surface area contributed by atoms with Crippen molar-refractivity contribution in [3.63, 3.8) is 0 Å². The first-order chi connectivity index (χ1) is 7.25. The number of hydrogen-bond acceptors (Lipinski definition) is 2. The van der Waals surface area contributed by atoms with Gasteiger partial charge in [-0.2, -0.15) is 0 Å². The Labute approximate surface area is 100.0 Å². The Morgan fingerprint density at radius 1 is 1.27 bits per heavy atom. The van der Waals surface area contributed by atoms with Gasteiger partial charge < -0.3 is 10.6 Å². The summed E-state index contributed by atoms with van der Waals surface area (Å²) in [6.45, 7) is 3.05. The van der Waals surface area contributed by atoms with E-state index < -0.39 is 0 Å². The zero-order chi connectivity index (χ0) is 10.7. The van der Waals surface area contributed by atoms with Gasteiger partial charge in [0.15, 0.2) is 0 Å². The van der Waals surface area contributed by atoms with Gasteiger partial charge in [0, 0.05) is 35.7 Å². The first-order valence-corrected chi connectivity index (χ1v) is 5.89. The molecule has 0 saturated carbocycles. The first kappa shape index (κ1) is 11.2. The van der Waals surface area contributed by atoms with Gasteiger partial charge in [-0.25, -0.2) is 0 Å². The lowest BCUT2D eigenvalue weighted by Crippen LogP contribution is -2.49. The highest BCUT2D eigenvalue weighted by atomic mass is 35.5. The van der Waals surface area contributed by atoms with Crippen LogP contribution >= 0.6 is 23.2 Å². The molecule has 1 aliphatic heterocycles. The molecular formula is C11H14Cl2N2. The summed E-state index contributed by atoms with van der Waals surface area (Å²) in [6, 6.07) is 6.07. The standard InChI is InChI=1S/C11H14Cl2N2/c12-9-1-2-11(13)8(5-9)6-10-7-14-3-4-15-10/h1-2,5,10,14-15H,3-4,6-7H2/t10-/m0/s1. The molecule has 0 spiro atoms. The van der Waals surface area contributed by atoms with Crippen molar-refractivity contribution in [2.75, 3.05) is 19.6 Å². The maximum atomic E-state index is 6.11. The molecule has 1 atom stereocenters. The quantitative estimate of drug-likeness (QED) is 0.833. The second-order valence-electron chi connectivity index (χ2n) is 3.80. The van der Waals surface area contributed by atoms with Gasteiger partial charge >= 0.3 is 0 Å². The Morgan fingerprint density at radius 3 is 2.87 bits per heavy atom. The summed E-state index contributed by atoms with van der Waals surface area (Å²) in [5.74, 6) is 0. The molecule has 1 fully saturated rings. The van der Waals surface area contributed by atoms with E-state index in [0.29, 0.717) is 6.04 Å². The molecule has 1 aromatic rings. The van der Waals surface area contributed by atoms with Gasteiger partial charge in [0.05, 0.1) is 0 Å². The van der Waals surface area contributed by atoms with Crippen molar-refractivity contribution in [2.24, 2.45) is 0 Å². The molecule has 2 nitrogen and oxygen atoms in total. The molecule has 1 saturated heterocycles. The molecule has 4 heteroatoms. The van der Waals surface area contributed by atoms with Gasteiger partial charge in [-0.1, -0.05) is 23.2 Å². The van der Waals surface area contributed by atoms with Crippen molar-refractivity contribution in [3.8, 4) is 0 Å². The monoisotopic (exact) mass is 244 g/mol. The van der Waals surface area contributed by atoms with Crippen molar-refractivity contribution in [1.29, 1.82) is 0 Å². The topological polar surface area (TPSA) is 24.1 Å². The van der Waals surface area contributed by atoms with Crippen LogP contribution < -0.4 is 10.6 Å². The lowest BCUT2D eigenvalue weighted by Gasteiger charge is -2.24. The van der Waals surface area contributed by atoms with Gasteiger partial charge in [-0.05, 0) is 30.2 Å². The summed E-state index contributed by atoms with van der Waals surface area (Å²) in [4.78, 5) is 0. The number of hydrogen-bond donors (Lipinski definition) is 2. The van der Waals surface area contributed by atoms with Crippen LogP contribution in [0.2, 0.25) is 10.0 Å². The molecule has 0 unspecified atom stereocenters. The van der Waals surface area contributed by atoms with E-state index in [1.165, 1.54) is 0 Å². The molecule has 15 heavy (non-hydrogen) atoms. The Balaban J connectivity index is 2.05. The maximum Gasteiger partial charge on any atom is 0.0439 e. The minimum Gasteiger partial charge on any atom is -0.314 e. The molecule has 0 bridgehead atoms. The van der Waals surface area contributed by atoms with Crippen LogP contribution in [0.1, 0.15) is 5.56 Å². The first-order valence-electron chi connectivity index (χ1n) is 5.14. The average molecular weight is 245 g/mol. The lowest BCUT2D eigenvalue weighted by molar-refractivity contribution is 0.417. The smallest absolute Gasteiger partial charge is 0.0439 e. The van der Waals surface area contributed by atoms with Crippen molar-refractivity contribution < 1.29 is 0 Å². The summed E-state index contributed by atoms with van der Waals surface area (Å²) in [5, 5.41) is 8.35. The Bertz CT molecular complexity index is 335. The van der Waals surface area contributed by atoms with Crippen molar-refractivity contribution in [1.82, 2.24) is 10.6 Å². The fourth-order valence-electron chi connectivity index (χ4n) is 1.82. The Kier molecular flexibility index (Phi) is 3.87. The van der Waals surface area contributed by atoms with Crippen LogP contribution in [-0.2, 0) is 6.42 Å². The number of halogens is 2. The van der Waals surface area contributed by atoms with Gasteiger partial charge in [-0.15, -0.1) is 0 Å². The van der Waals surface area contributed by atoms with E-state index in [1.54, 1.807) is 0 Å². The summed E-state index contributed by atoms with van der Waals surface area (Å²) in [6.07, 6.45) is 0.923. The van der Waals surface area contributed by atoms with E-state index in [9.17, 15) is 0 Å². The summed E-state index contributed by atoms with van der Waals surface area (Å²) in [7, 11) is 0. The van der Waals surface area contributed by atoms with Crippen LogP contribution in [0.3, 0.4) is 0 Å². The van der Waals surface area contributed by atoms with Crippen LogP contribution in [0.4, 0.5) is 0 Å².